The lowest BCUT2D eigenvalue weighted by Gasteiger charge is -2.35. The highest BCUT2D eigenvalue weighted by Gasteiger charge is 2.23. The van der Waals surface area contributed by atoms with Gasteiger partial charge in [-0.1, -0.05) is 24.6 Å². The second-order valence-electron chi connectivity index (χ2n) is 8.65. The average molecular weight is 436 g/mol. The fraction of sp³-hybridized carbons (Fsp3) is 0.458. The standard InChI is InChI=1S/C24H29N5O3/c30-23-14-18-16-32-12-8-21(18)27-29(23)11-10-28-9-4-3-6-19(28)15-25-24(31)22-13-17-5-1-2-7-20(17)26-22/h1-2,5,7,13-14,19,26H,3-4,6,8-12,15-16H2,(H,25,31). The van der Waals surface area contributed by atoms with E-state index >= 15 is 0 Å². The van der Waals surface area contributed by atoms with Crippen LogP contribution >= 0.6 is 0 Å². The molecule has 8 heteroatoms. The number of rotatable bonds is 6. The fourth-order valence-electron chi connectivity index (χ4n) is 4.72. The average Bonchev–Trinajstić information content (AvgIpc) is 3.26. The molecule has 8 nitrogen and oxygen atoms in total. The number of fused-ring (bicyclic) bond motifs is 2. The number of likely N-dealkylation sites (tertiary alicyclic amines) is 1. The molecule has 1 fully saturated rings. The number of H-pyrrole nitrogens is 1. The first-order valence-corrected chi connectivity index (χ1v) is 11.4. The minimum atomic E-state index is -0.0819. The molecule has 168 valence electrons. The minimum absolute atomic E-state index is 0.0741. The molecule has 2 N–H and O–H groups in total. The van der Waals surface area contributed by atoms with E-state index in [0.717, 1.165) is 60.9 Å². The number of carbonyl (C=O) groups is 1. The summed E-state index contributed by atoms with van der Waals surface area (Å²) in [5, 5.41) is 8.71. The van der Waals surface area contributed by atoms with E-state index in [-0.39, 0.29) is 17.5 Å². The van der Waals surface area contributed by atoms with E-state index in [2.05, 4.69) is 20.3 Å². The number of amides is 1. The SMILES string of the molecule is O=C(NCC1CCCCN1CCn1nc2c(cc1=O)COCC2)c1cc2ccccc2[nH]1. The van der Waals surface area contributed by atoms with Gasteiger partial charge in [0, 0.05) is 48.1 Å². The van der Waals surface area contributed by atoms with Crippen LogP contribution in [-0.2, 0) is 24.3 Å². The molecular formula is C24H29N5O3. The van der Waals surface area contributed by atoms with Gasteiger partial charge in [0.2, 0.25) is 0 Å². The molecule has 5 rings (SSSR count). The zero-order valence-electron chi connectivity index (χ0n) is 18.2. The number of nitrogens with one attached hydrogen (secondary N) is 2. The normalized spacial score (nSPS) is 19.1. The molecule has 1 amide bonds. The molecule has 0 spiro atoms. The van der Waals surface area contributed by atoms with E-state index in [4.69, 9.17) is 4.74 Å². The van der Waals surface area contributed by atoms with E-state index in [0.29, 0.717) is 32.0 Å². The summed E-state index contributed by atoms with van der Waals surface area (Å²) in [7, 11) is 0. The van der Waals surface area contributed by atoms with Gasteiger partial charge in [0.25, 0.3) is 11.5 Å². The molecule has 2 aromatic heterocycles. The van der Waals surface area contributed by atoms with E-state index < -0.39 is 0 Å². The Morgan fingerprint density at radius 2 is 2.12 bits per heavy atom. The smallest absolute Gasteiger partial charge is 0.267 e. The van der Waals surface area contributed by atoms with Gasteiger partial charge in [-0.05, 0) is 31.5 Å². The summed E-state index contributed by atoms with van der Waals surface area (Å²) in [5.74, 6) is -0.0819. The van der Waals surface area contributed by atoms with Crippen LogP contribution in [-0.4, -0.2) is 57.9 Å². The van der Waals surface area contributed by atoms with Crippen molar-refractivity contribution in [3.8, 4) is 0 Å². The Labute approximate surface area is 186 Å². The number of piperidine rings is 1. The first kappa shape index (κ1) is 20.9. The molecule has 1 saturated heterocycles. The van der Waals surface area contributed by atoms with Gasteiger partial charge >= 0.3 is 0 Å². The number of ether oxygens (including phenoxy) is 1. The van der Waals surface area contributed by atoms with E-state index in [1.165, 1.54) is 0 Å². The van der Waals surface area contributed by atoms with Gasteiger partial charge in [0.05, 0.1) is 25.5 Å². The maximum absolute atomic E-state index is 12.7. The Hall–Kier alpha value is -2.97. The monoisotopic (exact) mass is 435 g/mol. The molecule has 2 aliphatic heterocycles. The van der Waals surface area contributed by atoms with Crippen molar-refractivity contribution in [2.75, 3.05) is 26.2 Å². The van der Waals surface area contributed by atoms with Gasteiger partial charge in [0.1, 0.15) is 5.69 Å². The second kappa shape index (κ2) is 9.26. The van der Waals surface area contributed by atoms with Crippen LogP contribution in [0.1, 0.15) is 41.0 Å². The summed E-state index contributed by atoms with van der Waals surface area (Å²) >= 11 is 0. The van der Waals surface area contributed by atoms with Crippen LogP contribution in [0.5, 0.6) is 0 Å². The van der Waals surface area contributed by atoms with Crippen molar-refractivity contribution in [2.24, 2.45) is 0 Å². The third kappa shape index (κ3) is 4.47. The number of hydrogen-bond acceptors (Lipinski definition) is 5. The largest absolute Gasteiger partial charge is 0.376 e. The third-order valence-electron chi connectivity index (χ3n) is 6.53. The van der Waals surface area contributed by atoms with Crippen molar-refractivity contribution in [2.45, 2.75) is 44.9 Å². The summed E-state index contributed by atoms with van der Waals surface area (Å²) in [6.07, 6.45) is 4.08. The van der Waals surface area contributed by atoms with Crippen LogP contribution < -0.4 is 10.9 Å². The van der Waals surface area contributed by atoms with Crippen molar-refractivity contribution in [1.82, 2.24) is 25.0 Å². The number of nitrogens with zero attached hydrogens (tertiary/aromatic N) is 3. The maximum atomic E-state index is 12.7. The molecule has 32 heavy (non-hydrogen) atoms. The lowest BCUT2D eigenvalue weighted by Crippen LogP contribution is -2.48. The molecule has 0 aliphatic carbocycles. The van der Waals surface area contributed by atoms with Gasteiger partial charge in [0.15, 0.2) is 0 Å². The van der Waals surface area contributed by atoms with Crippen molar-refractivity contribution in [3.05, 3.63) is 63.7 Å². The Kier molecular flexibility index (Phi) is 6.05. The molecular weight excluding hydrogens is 406 g/mol. The molecule has 0 radical (unpaired) electrons. The first-order valence-electron chi connectivity index (χ1n) is 11.4. The van der Waals surface area contributed by atoms with Crippen molar-refractivity contribution < 1.29 is 9.53 Å². The fourth-order valence-corrected chi connectivity index (χ4v) is 4.72. The topological polar surface area (TPSA) is 92.2 Å². The van der Waals surface area contributed by atoms with Gasteiger partial charge in [-0.3, -0.25) is 14.5 Å². The Balaban J connectivity index is 1.20. The number of aromatic nitrogens is 3. The number of para-hydroxylation sites is 1. The predicted octanol–water partition coefficient (Wildman–Crippen LogP) is 2.08. The highest BCUT2D eigenvalue weighted by molar-refractivity contribution is 5.97. The summed E-state index contributed by atoms with van der Waals surface area (Å²) in [4.78, 5) is 30.7. The molecule has 3 aromatic rings. The molecule has 1 atom stereocenters. The molecule has 0 saturated carbocycles. The quantitative estimate of drug-likeness (QED) is 0.619. The lowest BCUT2D eigenvalue weighted by molar-refractivity contribution is 0.0903. The molecule has 2 aliphatic rings. The zero-order valence-corrected chi connectivity index (χ0v) is 18.2. The van der Waals surface area contributed by atoms with Gasteiger partial charge < -0.3 is 15.0 Å². The van der Waals surface area contributed by atoms with Crippen LogP contribution in [0.25, 0.3) is 10.9 Å². The van der Waals surface area contributed by atoms with E-state index in [1.807, 2.05) is 30.3 Å². The van der Waals surface area contributed by atoms with Gasteiger partial charge in [-0.15, -0.1) is 0 Å². The second-order valence-corrected chi connectivity index (χ2v) is 8.65. The summed E-state index contributed by atoms with van der Waals surface area (Å²) in [6, 6.07) is 11.7. The number of hydrogen-bond donors (Lipinski definition) is 2. The van der Waals surface area contributed by atoms with Crippen LogP contribution in [0.15, 0.2) is 41.2 Å². The Morgan fingerprint density at radius 3 is 3.03 bits per heavy atom. The van der Waals surface area contributed by atoms with Gasteiger partial charge in [-0.25, -0.2) is 4.68 Å². The van der Waals surface area contributed by atoms with Crippen molar-refractivity contribution >= 4 is 16.8 Å². The van der Waals surface area contributed by atoms with Crippen molar-refractivity contribution in [3.63, 3.8) is 0 Å². The first-order chi connectivity index (χ1) is 15.7. The highest BCUT2D eigenvalue weighted by atomic mass is 16.5. The number of aromatic amines is 1. The summed E-state index contributed by atoms with van der Waals surface area (Å²) in [6.45, 7) is 4.00. The molecule has 1 aromatic carbocycles. The Morgan fingerprint density at radius 1 is 1.22 bits per heavy atom. The highest BCUT2D eigenvalue weighted by Crippen LogP contribution is 2.18. The molecule has 0 bridgehead atoms. The summed E-state index contributed by atoms with van der Waals surface area (Å²) < 4.78 is 7.00. The van der Waals surface area contributed by atoms with E-state index in [1.54, 1.807) is 10.7 Å². The van der Waals surface area contributed by atoms with Crippen LogP contribution in [0.2, 0.25) is 0 Å². The van der Waals surface area contributed by atoms with E-state index in [9.17, 15) is 9.59 Å². The molecule has 1 unspecified atom stereocenters. The number of carbonyl (C=O) groups excluding carboxylic acids is 1. The molecule has 4 heterocycles. The maximum Gasteiger partial charge on any atom is 0.267 e. The predicted molar refractivity (Wildman–Crippen MR) is 122 cm³/mol. The van der Waals surface area contributed by atoms with Crippen LogP contribution in [0.4, 0.5) is 0 Å². The van der Waals surface area contributed by atoms with Crippen molar-refractivity contribution in [1.29, 1.82) is 0 Å². The van der Waals surface area contributed by atoms with Crippen LogP contribution in [0.3, 0.4) is 0 Å². The third-order valence-corrected chi connectivity index (χ3v) is 6.53. The Bertz CT molecular complexity index is 1130. The summed E-state index contributed by atoms with van der Waals surface area (Å²) in [5.41, 5.74) is 3.36. The number of benzene rings is 1. The minimum Gasteiger partial charge on any atom is -0.376 e. The zero-order chi connectivity index (χ0) is 21.9. The van der Waals surface area contributed by atoms with Gasteiger partial charge in [-0.2, -0.15) is 5.10 Å². The lowest BCUT2D eigenvalue weighted by atomic mass is 10.0. The van der Waals surface area contributed by atoms with Crippen LogP contribution in [0, 0.1) is 0 Å².